The fourth-order valence-electron chi connectivity index (χ4n) is 3.10. The Morgan fingerprint density at radius 2 is 2.25 bits per heavy atom. The molecule has 1 aliphatic rings. The van der Waals surface area contributed by atoms with Crippen molar-refractivity contribution in [2.24, 2.45) is 4.99 Å². The van der Waals surface area contributed by atoms with Crippen molar-refractivity contribution in [2.75, 3.05) is 26.2 Å². The Bertz CT molecular complexity index is 805. The topological polar surface area (TPSA) is 69.6 Å². The van der Waals surface area contributed by atoms with Crippen molar-refractivity contribution in [1.82, 2.24) is 20.5 Å². The average Bonchev–Trinajstić information content (AvgIpc) is 3.17. The fourth-order valence-corrected chi connectivity index (χ4v) is 4.11. The van der Waals surface area contributed by atoms with Crippen molar-refractivity contribution in [3.05, 3.63) is 50.9 Å². The minimum Gasteiger partial charge on any atom is -0.357 e. The summed E-state index contributed by atoms with van der Waals surface area (Å²) in [5.41, 5.74) is 2.40. The van der Waals surface area contributed by atoms with Crippen molar-refractivity contribution in [1.29, 1.82) is 0 Å². The predicted octanol–water partition coefficient (Wildman–Crippen LogP) is 2.87. The number of guanidine groups is 1. The number of halogens is 1. The zero-order valence-electron chi connectivity index (χ0n) is 16.1. The second kappa shape index (κ2) is 10.4. The van der Waals surface area contributed by atoms with Gasteiger partial charge in [0.1, 0.15) is 5.15 Å². The van der Waals surface area contributed by atoms with E-state index in [0.717, 1.165) is 50.5 Å². The molecule has 3 rings (SSSR count). The number of hydrogen-bond acceptors (Lipinski definition) is 4. The van der Waals surface area contributed by atoms with Crippen LogP contribution in [0.1, 0.15) is 29.3 Å². The van der Waals surface area contributed by atoms with Crippen LogP contribution in [0.5, 0.6) is 0 Å². The van der Waals surface area contributed by atoms with Crippen LogP contribution in [0.2, 0.25) is 5.15 Å². The standard InChI is InChI=1S/C20H26ClN5OS/c1-2-22-20(23-9-5-15-3-4-18(21)25-13-15)24-10-6-19(27)26-11-7-17-16(14-26)8-12-28-17/h3-4,8,12-13H,2,5-7,9-11,14H2,1H3,(H2,22,23,24). The number of rotatable bonds is 7. The first-order valence-corrected chi connectivity index (χ1v) is 10.9. The van der Waals surface area contributed by atoms with Crippen LogP contribution in [0, 0.1) is 0 Å². The van der Waals surface area contributed by atoms with Gasteiger partial charge in [0.2, 0.25) is 5.91 Å². The molecule has 0 atom stereocenters. The molecule has 2 aromatic rings. The number of nitrogens with one attached hydrogen (secondary N) is 2. The maximum absolute atomic E-state index is 12.5. The molecular weight excluding hydrogens is 394 g/mol. The van der Waals surface area contributed by atoms with E-state index in [1.165, 1.54) is 10.4 Å². The number of aromatic nitrogens is 1. The Balaban J connectivity index is 1.43. The number of carbonyl (C=O) groups excluding carboxylic acids is 1. The first-order chi connectivity index (χ1) is 13.7. The Labute approximate surface area is 175 Å². The van der Waals surface area contributed by atoms with E-state index in [0.29, 0.717) is 18.1 Å². The van der Waals surface area contributed by atoms with Crippen LogP contribution in [0.4, 0.5) is 0 Å². The molecule has 0 bridgehead atoms. The van der Waals surface area contributed by atoms with E-state index in [1.54, 1.807) is 23.6 Å². The molecule has 0 saturated carbocycles. The molecule has 2 aromatic heterocycles. The lowest BCUT2D eigenvalue weighted by molar-refractivity contribution is -0.131. The number of aliphatic imine (C=N–C) groups is 1. The van der Waals surface area contributed by atoms with Crippen LogP contribution in [0.25, 0.3) is 0 Å². The highest BCUT2D eigenvalue weighted by Crippen LogP contribution is 2.24. The summed E-state index contributed by atoms with van der Waals surface area (Å²) in [7, 11) is 0. The van der Waals surface area contributed by atoms with Gasteiger partial charge in [-0.2, -0.15) is 0 Å². The van der Waals surface area contributed by atoms with E-state index < -0.39 is 0 Å². The molecule has 1 aliphatic heterocycles. The van der Waals surface area contributed by atoms with Crippen molar-refractivity contribution >= 4 is 34.8 Å². The number of thiophene rings is 1. The van der Waals surface area contributed by atoms with Gasteiger partial charge in [-0.25, -0.2) is 4.98 Å². The van der Waals surface area contributed by atoms with Gasteiger partial charge in [0.15, 0.2) is 5.96 Å². The molecule has 0 radical (unpaired) electrons. The van der Waals surface area contributed by atoms with E-state index in [4.69, 9.17) is 11.6 Å². The molecule has 0 aromatic carbocycles. The molecular formula is C20H26ClN5OS. The summed E-state index contributed by atoms with van der Waals surface area (Å²) < 4.78 is 0. The third-order valence-electron chi connectivity index (χ3n) is 4.59. The molecule has 150 valence electrons. The number of carbonyl (C=O) groups is 1. The van der Waals surface area contributed by atoms with Crippen molar-refractivity contribution in [2.45, 2.75) is 32.7 Å². The zero-order chi connectivity index (χ0) is 19.8. The molecule has 0 unspecified atom stereocenters. The predicted molar refractivity (Wildman–Crippen MR) is 115 cm³/mol. The Morgan fingerprint density at radius 3 is 3.04 bits per heavy atom. The summed E-state index contributed by atoms with van der Waals surface area (Å²) in [5.74, 6) is 0.902. The largest absolute Gasteiger partial charge is 0.357 e. The molecule has 0 saturated heterocycles. The minimum absolute atomic E-state index is 0.170. The van der Waals surface area contributed by atoms with Gasteiger partial charge in [-0.1, -0.05) is 17.7 Å². The number of amides is 1. The van der Waals surface area contributed by atoms with Gasteiger partial charge >= 0.3 is 0 Å². The van der Waals surface area contributed by atoms with Gasteiger partial charge in [-0.05, 0) is 48.4 Å². The summed E-state index contributed by atoms with van der Waals surface area (Å²) in [6.07, 6.45) is 4.00. The summed E-state index contributed by atoms with van der Waals surface area (Å²) in [6, 6.07) is 5.89. The fraction of sp³-hybridized carbons (Fsp3) is 0.450. The minimum atomic E-state index is 0.170. The van der Waals surface area contributed by atoms with E-state index in [9.17, 15) is 4.79 Å². The third-order valence-corrected chi connectivity index (χ3v) is 5.84. The van der Waals surface area contributed by atoms with Crippen LogP contribution >= 0.6 is 22.9 Å². The third kappa shape index (κ3) is 5.94. The molecule has 0 aliphatic carbocycles. The lowest BCUT2D eigenvalue weighted by atomic mass is 10.1. The van der Waals surface area contributed by atoms with Gasteiger partial charge in [-0.3, -0.25) is 9.79 Å². The Kier molecular flexibility index (Phi) is 7.68. The summed E-state index contributed by atoms with van der Waals surface area (Å²) >= 11 is 7.60. The number of hydrogen-bond donors (Lipinski definition) is 2. The van der Waals surface area contributed by atoms with Crippen molar-refractivity contribution in [3.8, 4) is 0 Å². The second-order valence-electron chi connectivity index (χ2n) is 6.61. The molecule has 0 spiro atoms. The molecule has 6 nitrogen and oxygen atoms in total. The summed E-state index contributed by atoms with van der Waals surface area (Å²) in [6.45, 7) is 5.55. The highest BCUT2D eigenvalue weighted by atomic mass is 35.5. The zero-order valence-corrected chi connectivity index (χ0v) is 17.7. The quantitative estimate of drug-likeness (QED) is 0.411. The Hall–Kier alpha value is -2.12. The normalized spacial score (nSPS) is 13.9. The molecule has 3 heterocycles. The van der Waals surface area contributed by atoms with Gasteiger partial charge in [0.25, 0.3) is 0 Å². The van der Waals surface area contributed by atoms with Crippen LogP contribution in [-0.2, 0) is 24.2 Å². The highest BCUT2D eigenvalue weighted by Gasteiger charge is 2.20. The van der Waals surface area contributed by atoms with Crippen LogP contribution in [0.3, 0.4) is 0 Å². The van der Waals surface area contributed by atoms with E-state index in [2.05, 4.69) is 32.1 Å². The van der Waals surface area contributed by atoms with Crippen molar-refractivity contribution < 1.29 is 4.79 Å². The van der Waals surface area contributed by atoms with Gasteiger partial charge in [-0.15, -0.1) is 11.3 Å². The van der Waals surface area contributed by atoms with Gasteiger partial charge in [0.05, 0.1) is 6.54 Å². The maximum atomic E-state index is 12.5. The lowest BCUT2D eigenvalue weighted by Crippen LogP contribution is -2.39. The summed E-state index contributed by atoms with van der Waals surface area (Å²) in [5, 5.41) is 9.13. The Morgan fingerprint density at radius 1 is 1.36 bits per heavy atom. The van der Waals surface area contributed by atoms with E-state index >= 15 is 0 Å². The number of pyridine rings is 1. The number of nitrogens with zero attached hydrogens (tertiary/aromatic N) is 3. The van der Waals surface area contributed by atoms with Crippen LogP contribution in [-0.4, -0.2) is 47.9 Å². The maximum Gasteiger partial charge on any atom is 0.224 e. The first-order valence-electron chi connectivity index (χ1n) is 9.61. The second-order valence-corrected chi connectivity index (χ2v) is 8.00. The van der Waals surface area contributed by atoms with Crippen LogP contribution < -0.4 is 10.6 Å². The van der Waals surface area contributed by atoms with Crippen LogP contribution in [0.15, 0.2) is 34.8 Å². The summed E-state index contributed by atoms with van der Waals surface area (Å²) in [4.78, 5) is 24.5. The molecule has 0 fully saturated rings. The molecule has 2 N–H and O–H groups in total. The van der Waals surface area contributed by atoms with Crippen molar-refractivity contribution in [3.63, 3.8) is 0 Å². The monoisotopic (exact) mass is 419 g/mol. The highest BCUT2D eigenvalue weighted by molar-refractivity contribution is 7.10. The molecule has 8 heteroatoms. The smallest absolute Gasteiger partial charge is 0.224 e. The van der Waals surface area contributed by atoms with E-state index in [1.807, 2.05) is 17.9 Å². The van der Waals surface area contributed by atoms with Gasteiger partial charge < -0.3 is 15.5 Å². The number of fused-ring (bicyclic) bond motifs is 1. The molecule has 28 heavy (non-hydrogen) atoms. The first kappa shape index (κ1) is 20.6. The lowest BCUT2D eigenvalue weighted by Gasteiger charge is -2.26. The average molecular weight is 420 g/mol. The molecule has 1 amide bonds. The van der Waals surface area contributed by atoms with Gasteiger partial charge in [0, 0.05) is 43.7 Å². The SMILES string of the molecule is CCNC(=NCCC(=O)N1CCc2sccc2C1)NCCc1ccc(Cl)nc1. The van der Waals surface area contributed by atoms with E-state index in [-0.39, 0.29) is 5.91 Å².